The molecule has 0 unspecified atom stereocenters. The van der Waals surface area contributed by atoms with E-state index in [0.29, 0.717) is 16.3 Å². The van der Waals surface area contributed by atoms with E-state index in [1.807, 2.05) is 0 Å². The highest BCUT2D eigenvalue weighted by atomic mass is 35.5. The van der Waals surface area contributed by atoms with E-state index in [0.717, 1.165) is 12.1 Å². The first-order valence-corrected chi connectivity index (χ1v) is 9.74. The molecule has 0 aromatic heterocycles. The number of halogens is 5. The van der Waals surface area contributed by atoms with Gasteiger partial charge >= 0.3 is 12.1 Å². The zero-order chi connectivity index (χ0) is 23.3. The van der Waals surface area contributed by atoms with Crippen LogP contribution in [0.1, 0.15) is 21.5 Å². The van der Waals surface area contributed by atoms with Gasteiger partial charge in [0, 0.05) is 5.02 Å². The summed E-state index contributed by atoms with van der Waals surface area (Å²) in [7, 11) is 1.41. The van der Waals surface area contributed by atoms with Crippen molar-refractivity contribution in [2.24, 2.45) is 5.10 Å². The number of hydrogen-bond donors (Lipinski definition) is 1. The second kappa shape index (κ2) is 9.93. The summed E-state index contributed by atoms with van der Waals surface area (Å²) in [5.74, 6) is -0.256. The molecule has 0 aliphatic heterocycles. The lowest BCUT2D eigenvalue weighted by molar-refractivity contribution is -0.137. The van der Waals surface area contributed by atoms with Crippen LogP contribution in [0.4, 0.5) is 18.9 Å². The van der Waals surface area contributed by atoms with Crippen LogP contribution in [0.3, 0.4) is 0 Å². The summed E-state index contributed by atoms with van der Waals surface area (Å²) in [6.07, 6.45) is -2.97. The van der Waals surface area contributed by atoms with Gasteiger partial charge in [-0.05, 0) is 66.2 Å². The molecule has 0 aliphatic carbocycles. The second-order valence-electron chi connectivity index (χ2n) is 6.37. The van der Waals surface area contributed by atoms with Crippen LogP contribution in [0.5, 0.6) is 11.5 Å². The predicted molar refractivity (Wildman–Crippen MR) is 117 cm³/mol. The van der Waals surface area contributed by atoms with Gasteiger partial charge in [0.15, 0.2) is 11.5 Å². The fourth-order valence-corrected chi connectivity index (χ4v) is 3.06. The summed E-state index contributed by atoms with van der Waals surface area (Å²) in [5, 5.41) is 4.53. The van der Waals surface area contributed by atoms with E-state index in [1.165, 1.54) is 49.7 Å². The Balaban J connectivity index is 1.68. The molecule has 0 fully saturated rings. The maximum absolute atomic E-state index is 12.6. The first kappa shape index (κ1) is 23.4. The van der Waals surface area contributed by atoms with Crippen molar-refractivity contribution in [2.75, 3.05) is 12.5 Å². The maximum Gasteiger partial charge on any atom is 0.416 e. The fourth-order valence-electron chi connectivity index (χ4n) is 2.57. The van der Waals surface area contributed by atoms with E-state index in [9.17, 15) is 18.0 Å². The predicted octanol–water partition coefficient (Wildman–Crippen LogP) is 6.69. The number of benzene rings is 3. The SMILES string of the molecule is COc1cc(C=NNc2ccc(C(F)(F)F)cc2)ccc1OC(=O)c1ccc(Cl)cc1Cl. The third-order valence-electron chi connectivity index (χ3n) is 4.16. The molecule has 0 saturated heterocycles. The lowest BCUT2D eigenvalue weighted by atomic mass is 10.2. The molecule has 0 radical (unpaired) electrons. The van der Waals surface area contributed by atoms with Crippen molar-refractivity contribution < 1.29 is 27.4 Å². The summed E-state index contributed by atoms with van der Waals surface area (Å²) in [6, 6.07) is 13.6. The summed E-state index contributed by atoms with van der Waals surface area (Å²) >= 11 is 11.9. The van der Waals surface area contributed by atoms with E-state index in [4.69, 9.17) is 32.7 Å². The number of carbonyl (C=O) groups is 1. The number of methoxy groups -OCH3 is 1. The lowest BCUT2D eigenvalue weighted by Gasteiger charge is -2.11. The Morgan fingerprint density at radius 1 is 1.00 bits per heavy atom. The standard InChI is InChI=1S/C22H15Cl2F3N2O3/c1-31-20-10-13(12-28-29-16-6-3-14(4-7-16)22(25,26)27)2-9-19(20)32-21(30)17-8-5-15(23)11-18(17)24/h2-12,29H,1H3. The molecule has 1 N–H and O–H groups in total. The van der Waals surface area contributed by atoms with Crippen molar-refractivity contribution in [2.45, 2.75) is 6.18 Å². The van der Waals surface area contributed by atoms with E-state index in [-0.39, 0.29) is 22.1 Å². The molecule has 166 valence electrons. The molecule has 5 nitrogen and oxygen atoms in total. The summed E-state index contributed by atoms with van der Waals surface area (Å²) < 4.78 is 48.4. The number of nitrogens with zero attached hydrogens (tertiary/aromatic N) is 1. The number of hydrazone groups is 1. The third kappa shape index (κ3) is 5.93. The molecule has 0 aliphatic rings. The molecular weight excluding hydrogens is 468 g/mol. The van der Waals surface area contributed by atoms with Crippen LogP contribution in [0.25, 0.3) is 0 Å². The number of ether oxygens (including phenoxy) is 2. The second-order valence-corrected chi connectivity index (χ2v) is 7.21. The average molecular weight is 483 g/mol. The highest BCUT2D eigenvalue weighted by Crippen LogP contribution is 2.31. The number of anilines is 1. The minimum absolute atomic E-state index is 0.143. The van der Waals surface area contributed by atoms with E-state index in [2.05, 4.69) is 10.5 Å². The Morgan fingerprint density at radius 3 is 2.34 bits per heavy atom. The minimum atomic E-state index is -4.40. The normalized spacial score (nSPS) is 11.4. The van der Waals surface area contributed by atoms with Gasteiger partial charge in [-0.15, -0.1) is 0 Å². The monoisotopic (exact) mass is 482 g/mol. The average Bonchev–Trinajstić information content (AvgIpc) is 2.74. The first-order chi connectivity index (χ1) is 15.2. The van der Waals surface area contributed by atoms with Crippen LogP contribution in [-0.4, -0.2) is 19.3 Å². The Labute approximate surface area is 191 Å². The number of hydrogen-bond acceptors (Lipinski definition) is 5. The van der Waals surface area contributed by atoms with E-state index < -0.39 is 17.7 Å². The highest BCUT2D eigenvalue weighted by Gasteiger charge is 2.29. The highest BCUT2D eigenvalue weighted by molar-refractivity contribution is 6.36. The van der Waals surface area contributed by atoms with Crippen molar-refractivity contribution in [3.63, 3.8) is 0 Å². The Kier molecular flexibility index (Phi) is 7.27. The van der Waals surface area contributed by atoms with Gasteiger partial charge in [0.05, 0.1) is 35.2 Å². The van der Waals surface area contributed by atoms with Gasteiger partial charge in [-0.1, -0.05) is 23.2 Å². The molecule has 0 heterocycles. The molecule has 32 heavy (non-hydrogen) atoms. The van der Waals surface area contributed by atoms with Gasteiger partial charge in [-0.3, -0.25) is 5.43 Å². The van der Waals surface area contributed by atoms with Gasteiger partial charge in [-0.25, -0.2) is 4.79 Å². The van der Waals surface area contributed by atoms with Crippen LogP contribution in [-0.2, 0) is 6.18 Å². The quantitative estimate of drug-likeness (QED) is 0.184. The van der Waals surface area contributed by atoms with Gasteiger partial charge < -0.3 is 9.47 Å². The fraction of sp³-hybridized carbons (Fsp3) is 0.0909. The van der Waals surface area contributed by atoms with Crippen LogP contribution in [0.2, 0.25) is 10.0 Å². The van der Waals surface area contributed by atoms with Crippen molar-refractivity contribution in [1.29, 1.82) is 0 Å². The third-order valence-corrected chi connectivity index (χ3v) is 4.71. The zero-order valence-electron chi connectivity index (χ0n) is 16.4. The number of alkyl halides is 3. The Morgan fingerprint density at radius 2 is 1.72 bits per heavy atom. The molecule has 3 rings (SSSR count). The van der Waals surface area contributed by atoms with Crippen molar-refractivity contribution in [1.82, 2.24) is 0 Å². The molecule has 0 bridgehead atoms. The molecule has 0 saturated carbocycles. The largest absolute Gasteiger partial charge is 0.493 e. The van der Waals surface area contributed by atoms with Gasteiger partial charge in [0.1, 0.15) is 0 Å². The summed E-state index contributed by atoms with van der Waals surface area (Å²) in [4.78, 5) is 12.4. The number of esters is 1. The molecule has 0 atom stereocenters. The first-order valence-electron chi connectivity index (χ1n) is 8.99. The molecule has 0 spiro atoms. The molecule has 3 aromatic carbocycles. The van der Waals surface area contributed by atoms with Crippen LogP contribution in [0.15, 0.2) is 65.8 Å². The lowest BCUT2D eigenvalue weighted by Crippen LogP contribution is -2.10. The van der Waals surface area contributed by atoms with E-state index in [1.54, 1.807) is 12.1 Å². The van der Waals surface area contributed by atoms with Crippen molar-refractivity contribution in [3.8, 4) is 11.5 Å². The molecule has 3 aromatic rings. The molecule has 10 heteroatoms. The zero-order valence-corrected chi connectivity index (χ0v) is 17.9. The van der Waals surface area contributed by atoms with Crippen molar-refractivity contribution in [3.05, 3.63) is 87.4 Å². The molecule has 0 amide bonds. The van der Waals surface area contributed by atoms with Gasteiger partial charge in [0.2, 0.25) is 0 Å². The Hall–Kier alpha value is -3.23. The van der Waals surface area contributed by atoms with E-state index >= 15 is 0 Å². The van der Waals surface area contributed by atoms with Crippen LogP contribution in [0, 0.1) is 0 Å². The van der Waals surface area contributed by atoms with Crippen LogP contribution < -0.4 is 14.9 Å². The van der Waals surface area contributed by atoms with Crippen molar-refractivity contribution >= 4 is 41.1 Å². The smallest absolute Gasteiger partial charge is 0.416 e. The minimum Gasteiger partial charge on any atom is -0.493 e. The van der Waals surface area contributed by atoms with Gasteiger partial charge in [0.25, 0.3) is 0 Å². The van der Waals surface area contributed by atoms with Crippen LogP contribution >= 0.6 is 23.2 Å². The number of nitrogens with one attached hydrogen (secondary N) is 1. The topological polar surface area (TPSA) is 59.9 Å². The maximum atomic E-state index is 12.6. The van der Waals surface area contributed by atoms with Gasteiger partial charge in [-0.2, -0.15) is 18.3 Å². The Bertz CT molecular complexity index is 1150. The number of carbonyl (C=O) groups excluding carboxylic acids is 1. The molecular formula is C22H15Cl2F3N2O3. The number of rotatable bonds is 6. The summed E-state index contributed by atoms with van der Waals surface area (Å²) in [5.41, 5.74) is 3.00. The summed E-state index contributed by atoms with van der Waals surface area (Å²) in [6.45, 7) is 0.